The molecule has 2 rings (SSSR count). The lowest BCUT2D eigenvalue weighted by Crippen LogP contribution is -2.46. The van der Waals surface area contributed by atoms with Gasteiger partial charge in [0.25, 0.3) is 0 Å². The van der Waals surface area contributed by atoms with Gasteiger partial charge in [-0.05, 0) is 25.3 Å². The van der Waals surface area contributed by atoms with Gasteiger partial charge in [0.05, 0.1) is 6.10 Å². The van der Waals surface area contributed by atoms with Gasteiger partial charge in [0.1, 0.15) is 0 Å². The Morgan fingerprint density at radius 3 is 2.39 bits per heavy atom. The first-order valence-corrected chi connectivity index (χ1v) is 6.79. The van der Waals surface area contributed by atoms with Gasteiger partial charge in [-0.25, -0.2) is 0 Å². The number of piperidine rings is 1. The number of benzene rings is 1. The van der Waals surface area contributed by atoms with E-state index in [4.69, 9.17) is 10.5 Å². The smallest absolute Gasteiger partial charge is 0.0595 e. The van der Waals surface area contributed by atoms with Crippen LogP contribution in [-0.2, 0) is 4.74 Å². The third kappa shape index (κ3) is 3.10. The first-order valence-electron chi connectivity index (χ1n) is 6.79. The van der Waals surface area contributed by atoms with Crippen molar-refractivity contribution in [1.29, 1.82) is 0 Å². The molecule has 1 aromatic carbocycles. The van der Waals surface area contributed by atoms with Crippen molar-refractivity contribution < 1.29 is 4.74 Å². The van der Waals surface area contributed by atoms with E-state index in [1.165, 1.54) is 5.56 Å². The van der Waals surface area contributed by atoms with Gasteiger partial charge in [0.15, 0.2) is 0 Å². The molecule has 0 amide bonds. The average molecular weight is 248 g/mol. The van der Waals surface area contributed by atoms with Crippen molar-refractivity contribution in [3.05, 3.63) is 35.9 Å². The SMILES string of the molecule is COC1CCN(C(C)C(N)c2ccccc2)CC1. The second kappa shape index (κ2) is 6.32. The zero-order valence-electron chi connectivity index (χ0n) is 11.4. The van der Waals surface area contributed by atoms with Crippen molar-refractivity contribution in [3.8, 4) is 0 Å². The monoisotopic (exact) mass is 248 g/mol. The van der Waals surface area contributed by atoms with E-state index < -0.39 is 0 Å². The third-order valence-corrected chi connectivity index (χ3v) is 4.09. The number of ether oxygens (including phenoxy) is 1. The van der Waals surface area contributed by atoms with Crippen molar-refractivity contribution in [3.63, 3.8) is 0 Å². The molecule has 0 aliphatic carbocycles. The van der Waals surface area contributed by atoms with E-state index in [0.717, 1.165) is 25.9 Å². The second-order valence-electron chi connectivity index (χ2n) is 5.15. The Balaban J connectivity index is 1.93. The van der Waals surface area contributed by atoms with Gasteiger partial charge in [-0.15, -0.1) is 0 Å². The first-order chi connectivity index (χ1) is 8.72. The second-order valence-corrected chi connectivity index (χ2v) is 5.15. The molecule has 0 aromatic heterocycles. The summed E-state index contributed by atoms with van der Waals surface area (Å²) in [5, 5.41) is 0. The fourth-order valence-corrected chi connectivity index (χ4v) is 2.70. The number of nitrogens with zero attached hydrogens (tertiary/aromatic N) is 1. The molecule has 1 aromatic rings. The molecule has 0 spiro atoms. The summed E-state index contributed by atoms with van der Waals surface area (Å²) >= 11 is 0. The summed E-state index contributed by atoms with van der Waals surface area (Å²) in [7, 11) is 1.81. The highest BCUT2D eigenvalue weighted by Gasteiger charge is 2.26. The molecular weight excluding hydrogens is 224 g/mol. The zero-order valence-corrected chi connectivity index (χ0v) is 11.4. The molecule has 1 fully saturated rings. The van der Waals surface area contributed by atoms with E-state index in [1.54, 1.807) is 7.11 Å². The topological polar surface area (TPSA) is 38.5 Å². The fraction of sp³-hybridized carbons (Fsp3) is 0.600. The lowest BCUT2D eigenvalue weighted by Gasteiger charge is -2.38. The molecule has 1 aliphatic rings. The normalized spacial score (nSPS) is 21.7. The van der Waals surface area contributed by atoms with E-state index in [2.05, 4.69) is 36.1 Å². The fourth-order valence-electron chi connectivity index (χ4n) is 2.70. The molecule has 2 atom stereocenters. The minimum Gasteiger partial charge on any atom is -0.381 e. The molecule has 1 heterocycles. The maximum absolute atomic E-state index is 6.36. The lowest BCUT2D eigenvalue weighted by atomic mass is 9.97. The van der Waals surface area contributed by atoms with Crippen molar-refractivity contribution >= 4 is 0 Å². The molecule has 100 valence electrons. The van der Waals surface area contributed by atoms with Gasteiger partial charge in [0.2, 0.25) is 0 Å². The highest BCUT2D eigenvalue weighted by atomic mass is 16.5. The molecule has 0 radical (unpaired) electrons. The average Bonchev–Trinajstić information content (AvgIpc) is 2.47. The van der Waals surface area contributed by atoms with Crippen molar-refractivity contribution in [2.45, 2.75) is 38.0 Å². The molecule has 2 unspecified atom stereocenters. The summed E-state index contributed by atoms with van der Waals surface area (Å²) < 4.78 is 5.41. The van der Waals surface area contributed by atoms with Crippen LogP contribution >= 0.6 is 0 Å². The predicted octanol–water partition coefficient (Wildman–Crippen LogP) is 2.19. The molecule has 3 heteroatoms. The Hall–Kier alpha value is -0.900. The van der Waals surface area contributed by atoms with Crippen molar-refractivity contribution in [2.75, 3.05) is 20.2 Å². The van der Waals surface area contributed by atoms with Crippen LogP contribution in [0, 0.1) is 0 Å². The summed E-state index contributed by atoms with van der Waals surface area (Å²) in [6.45, 7) is 4.39. The van der Waals surface area contributed by atoms with Crippen molar-refractivity contribution in [2.24, 2.45) is 5.73 Å². The Morgan fingerprint density at radius 1 is 1.22 bits per heavy atom. The van der Waals surface area contributed by atoms with Gasteiger partial charge < -0.3 is 10.5 Å². The van der Waals surface area contributed by atoms with Crippen LogP contribution in [0.25, 0.3) is 0 Å². The highest BCUT2D eigenvalue weighted by molar-refractivity contribution is 5.19. The molecule has 3 nitrogen and oxygen atoms in total. The van der Waals surface area contributed by atoms with E-state index in [1.807, 2.05) is 6.07 Å². The number of rotatable bonds is 4. The van der Waals surface area contributed by atoms with Crippen LogP contribution < -0.4 is 5.73 Å². The zero-order chi connectivity index (χ0) is 13.0. The lowest BCUT2D eigenvalue weighted by molar-refractivity contribution is 0.0259. The van der Waals surface area contributed by atoms with Gasteiger partial charge >= 0.3 is 0 Å². The van der Waals surface area contributed by atoms with Crippen LogP contribution in [0.3, 0.4) is 0 Å². The predicted molar refractivity (Wildman–Crippen MR) is 74.4 cm³/mol. The number of hydrogen-bond acceptors (Lipinski definition) is 3. The van der Waals surface area contributed by atoms with E-state index >= 15 is 0 Å². The summed E-state index contributed by atoms with van der Waals surface area (Å²) in [5.74, 6) is 0. The molecule has 2 N–H and O–H groups in total. The Kier molecular flexibility index (Phi) is 4.75. The maximum atomic E-state index is 6.36. The van der Waals surface area contributed by atoms with Crippen molar-refractivity contribution in [1.82, 2.24) is 4.90 Å². The number of nitrogens with two attached hydrogens (primary N) is 1. The van der Waals surface area contributed by atoms with E-state index in [-0.39, 0.29) is 6.04 Å². The minimum atomic E-state index is 0.0882. The van der Waals surface area contributed by atoms with Crippen LogP contribution in [0.2, 0.25) is 0 Å². The van der Waals surface area contributed by atoms with E-state index in [9.17, 15) is 0 Å². The number of likely N-dealkylation sites (tertiary alicyclic amines) is 1. The van der Waals surface area contributed by atoms with Crippen LogP contribution in [0.4, 0.5) is 0 Å². The Morgan fingerprint density at radius 2 is 1.83 bits per heavy atom. The summed E-state index contributed by atoms with van der Waals surface area (Å²) in [6, 6.07) is 10.8. The summed E-state index contributed by atoms with van der Waals surface area (Å²) in [5.41, 5.74) is 7.58. The Labute approximate surface area is 110 Å². The Bertz CT molecular complexity index is 347. The summed E-state index contributed by atoms with van der Waals surface area (Å²) in [6.07, 6.45) is 2.66. The summed E-state index contributed by atoms with van der Waals surface area (Å²) in [4.78, 5) is 2.48. The number of methoxy groups -OCH3 is 1. The minimum absolute atomic E-state index is 0.0882. The molecule has 0 bridgehead atoms. The molecule has 1 aliphatic heterocycles. The van der Waals surface area contributed by atoms with Crippen LogP contribution in [0.1, 0.15) is 31.4 Å². The van der Waals surface area contributed by atoms with Gasteiger partial charge in [-0.2, -0.15) is 0 Å². The van der Waals surface area contributed by atoms with Gasteiger partial charge in [0, 0.05) is 32.3 Å². The molecule has 18 heavy (non-hydrogen) atoms. The highest BCUT2D eigenvalue weighted by Crippen LogP contribution is 2.22. The third-order valence-electron chi connectivity index (χ3n) is 4.09. The van der Waals surface area contributed by atoms with Gasteiger partial charge in [-0.3, -0.25) is 4.90 Å². The molecular formula is C15H24N2O. The number of hydrogen-bond donors (Lipinski definition) is 1. The molecule has 1 saturated heterocycles. The van der Waals surface area contributed by atoms with Crippen LogP contribution in [-0.4, -0.2) is 37.2 Å². The molecule has 0 saturated carbocycles. The standard InChI is InChI=1S/C15H24N2O/c1-12(15(16)13-6-4-3-5-7-13)17-10-8-14(18-2)9-11-17/h3-7,12,14-15H,8-11,16H2,1-2H3. The van der Waals surface area contributed by atoms with Gasteiger partial charge in [-0.1, -0.05) is 30.3 Å². The van der Waals surface area contributed by atoms with Crippen LogP contribution in [0.5, 0.6) is 0 Å². The largest absolute Gasteiger partial charge is 0.381 e. The quantitative estimate of drug-likeness (QED) is 0.887. The van der Waals surface area contributed by atoms with E-state index in [0.29, 0.717) is 12.1 Å². The first kappa shape index (κ1) is 13.5. The maximum Gasteiger partial charge on any atom is 0.0595 e. The van der Waals surface area contributed by atoms with Crippen LogP contribution in [0.15, 0.2) is 30.3 Å².